The highest BCUT2D eigenvalue weighted by molar-refractivity contribution is 5.71. The zero-order chi connectivity index (χ0) is 44.5. The summed E-state index contributed by atoms with van der Waals surface area (Å²) in [7, 11) is 0. The van der Waals surface area contributed by atoms with Crippen molar-refractivity contribution in [2.75, 3.05) is 13.2 Å². The first-order chi connectivity index (χ1) is 29.9. The van der Waals surface area contributed by atoms with Crippen molar-refractivity contribution in [2.45, 2.75) is 316 Å². The minimum absolute atomic E-state index is 0.0637. The molecule has 6 nitrogen and oxygen atoms in total. The number of carbonyl (C=O) groups is 3. The summed E-state index contributed by atoms with van der Waals surface area (Å²) in [5, 5.41) is 0. The van der Waals surface area contributed by atoms with E-state index in [4.69, 9.17) is 14.2 Å². The number of hydrogen-bond acceptors (Lipinski definition) is 6. The van der Waals surface area contributed by atoms with Gasteiger partial charge in [-0.05, 0) is 25.2 Å². The number of unbranched alkanes of at least 4 members (excludes halogenated alkanes) is 37. The van der Waals surface area contributed by atoms with Crippen LogP contribution in [0.5, 0.6) is 0 Å². The first-order valence-electron chi connectivity index (χ1n) is 27.4. The monoisotopic (exact) mass is 863 g/mol. The van der Waals surface area contributed by atoms with Crippen LogP contribution in [-0.4, -0.2) is 37.2 Å². The van der Waals surface area contributed by atoms with Gasteiger partial charge in [-0.2, -0.15) is 0 Å². The van der Waals surface area contributed by atoms with Crippen LogP contribution in [0, 0.1) is 5.92 Å². The van der Waals surface area contributed by atoms with E-state index in [-0.39, 0.29) is 31.1 Å². The van der Waals surface area contributed by atoms with Crippen molar-refractivity contribution in [3.05, 3.63) is 0 Å². The summed E-state index contributed by atoms with van der Waals surface area (Å²) in [4.78, 5) is 37.9. The van der Waals surface area contributed by atoms with E-state index in [0.717, 1.165) is 63.7 Å². The van der Waals surface area contributed by atoms with Crippen LogP contribution in [0.3, 0.4) is 0 Å². The topological polar surface area (TPSA) is 78.9 Å². The smallest absolute Gasteiger partial charge is 0.306 e. The third kappa shape index (κ3) is 49.3. The van der Waals surface area contributed by atoms with E-state index in [1.54, 1.807) is 0 Å². The minimum atomic E-state index is -0.761. The Morgan fingerprint density at radius 2 is 0.541 bits per heavy atom. The van der Waals surface area contributed by atoms with Crippen LogP contribution in [-0.2, 0) is 28.6 Å². The Hall–Kier alpha value is -1.59. The lowest BCUT2D eigenvalue weighted by molar-refractivity contribution is -0.167. The highest BCUT2D eigenvalue weighted by atomic mass is 16.6. The number of hydrogen-bond donors (Lipinski definition) is 0. The van der Waals surface area contributed by atoms with Gasteiger partial charge in [0.25, 0.3) is 0 Å². The molecule has 1 atom stereocenters. The average molecular weight is 863 g/mol. The summed E-state index contributed by atoms with van der Waals surface area (Å²) >= 11 is 0. The zero-order valence-electron chi connectivity index (χ0n) is 41.6. The van der Waals surface area contributed by atoms with E-state index in [9.17, 15) is 14.4 Å². The van der Waals surface area contributed by atoms with Crippen LogP contribution < -0.4 is 0 Å². The number of rotatable bonds is 50. The summed E-state index contributed by atoms with van der Waals surface area (Å²) in [6.45, 7) is 8.97. The second kappa shape index (κ2) is 49.4. The Morgan fingerprint density at radius 1 is 0.311 bits per heavy atom. The van der Waals surface area contributed by atoms with Gasteiger partial charge in [-0.3, -0.25) is 14.4 Å². The summed E-state index contributed by atoms with van der Waals surface area (Å²) in [5.41, 5.74) is 0. The lowest BCUT2D eigenvalue weighted by Crippen LogP contribution is -2.30. The zero-order valence-corrected chi connectivity index (χ0v) is 41.6. The van der Waals surface area contributed by atoms with Gasteiger partial charge in [0.1, 0.15) is 13.2 Å². The lowest BCUT2D eigenvalue weighted by Gasteiger charge is -2.18. The highest BCUT2D eigenvalue weighted by Crippen LogP contribution is 2.17. The molecular formula is C55H106O6. The molecule has 61 heavy (non-hydrogen) atoms. The molecule has 362 valence electrons. The molecule has 0 fully saturated rings. The van der Waals surface area contributed by atoms with Gasteiger partial charge in [0.2, 0.25) is 0 Å². The molecule has 0 aliphatic carbocycles. The van der Waals surface area contributed by atoms with Crippen LogP contribution >= 0.6 is 0 Å². The van der Waals surface area contributed by atoms with Crippen LogP contribution in [0.1, 0.15) is 310 Å². The van der Waals surface area contributed by atoms with Crippen LogP contribution in [0.25, 0.3) is 0 Å². The van der Waals surface area contributed by atoms with Gasteiger partial charge in [-0.15, -0.1) is 0 Å². The second-order valence-corrected chi connectivity index (χ2v) is 19.3. The lowest BCUT2D eigenvalue weighted by atomic mass is 10.0. The number of carbonyl (C=O) groups excluding carboxylic acids is 3. The standard InChI is InChI=1S/C55H106O6/c1-5-7-9-11-13-15-17-19-21-22-23-24-26-28-30-32-34-39-43-47-54(57)60-50-52(61-55(58)48-44-40-36-35-37-41-45-51(3)4)49-59-53(56)46-42-38-33-31-29-27-25-20-18-16-14-12-10-8-6-2/h51-52H,5-50H2,1-4H3/t52-/m0/s1. The van der Waals surface area contributed by atoms with Crippen molar-refractivity contribution in [3.8, 4) is 0 Å². The first kappa shape index (κ1) is 59.4. The maximum absolute atomic E-state index is 12.7. The van der Waals surface area contributed by atoms with Crippen molar-refractivity contribution in [1.82, 2.24) is 0 Å². The first-order valence-corrected chi connectivity index (χ1v) is 27.4. The van der Waals surface area contributed by atoms with Crippen molar-refractivity contribution in [2.24, 2.45) is 5.92 Å². The Kier molecular flexibility index (Phi) is 48.1. The minimum Gasteiger partial charge on any atom is -0.462 e. The molecule has 6 heteroatoms. The predicted octanol–water partition coefficient (Wildman–Crippen LogP) is 17.8. The maximum Gasteiger partial charge on any atom is 0.306 e. The Balaban J connectivity index is 4.19. The molecule has 0 aliphatic rings. The summed E-state index contributed by atoms with van der Waals surface area (Å²) in [6, 6.07) is 0. The molecule has 0 saturated heterocycles. The van der Waals surface area contributed by atoms with Gasteiger partial charge in [0.15, 0.2) is 6.10 Å². The van der Waals surface area contributed by atoms with Crippen molar-refractivity contribution in [3.63, 3.8) is 0 Å². The van der Waals surface area contributed by atoms with E-state index >= 15 is 0 Å². The fourth-order valence-corrected chi connectivity index (χ4v) is 8.39. The fraction of sp³-hybridized carbons (Fsp3) is 0.945. The van der Waals surface area contributed by atoms with E-state index in [1.807, 2.05) is 0 Å². The summed E-state index contributed by atoms with van der Waals surface area (Å²) in [6.07, 6.45) is 52.5. The maximum atomic E-state index is 12.7. The van der Waals surface area contributed by atoms with Crippen molar-refractivity contribution >= 4 is 17.9 Å². The van der Waals surface area contributed by atoms with E-state index in [1.165, 1.54) is 205 Å². The van der Waals surface area contributed by atoms with E-state index in [2.05, 4.69) is 27.7 Å². The van der Waals surface area contributed by atoms with Gasteiger partial charge >= 0.3 is 17.9 Å². The van der Waals surface area contributed by atoms with Gasteiger partial charge in [-0.1, -0.05) is 272 Å². The third-order valence-electron chi connectivity index (χ3n) is 12.5. The van der Waals surface area contributed by atoms with Gasteiger partial charge in [0, 0.05) is 19.3 Å². The largest absolute Gasteiger partial charge is 0.462 e. The SMILES string of the molecule is CCCCCCCCCCCCCCCCCCCCCC(=O)OC[C@H](COC(=O)CCCCCCCCCCCCCCCCC)OC(=O)CCCCCCCCC(C)C. The highest BCUT2D eigenvalue weighted by Gasteiger charge is 2.19. The Bertz CT molecular complexity index is 918. The second-order valence-electron chi connectivity index (χ2n) is 19.3. The molecule has 0 unspecified atom stereocenters. The van der Waals surface area contributed by atoms with Gasteiger partial charge in [-0.25, -0.2) is 0 Å². The molecule has 0 N–H and O–H groups in total. The van der Waals surface area contributed by atoms with Crippen molar-refractivity contribution < 1.29 is 28.6 Å². The van der Waals surface area contributed by atoms with E-state index in [0.29, 0.717) is 19.3 Å². The molecule has 0 aromatic rings. The van der Waals surface area contributed by atoms with Gasteiger partial charge < -0.3 is 14.2 Å². The number of esters is 3. The third-order valence-corrected chi connectivity index (χ3v) is 12.5. The predicted molar refractivity (Wildman–Crippen MR) is 261 cm³/mol. The average Bonchev–Trinajstić information content (AvgIpc) is 3.24. The van der Waals surface area contributed by atoms with Crippen molar-refractivity contribution in [1.29, 1.82) is 0 Å². The Morgan fingerprint density at radius 3 is 0.803 bits per heavy atom. The molecular weight excluding hydrogens is 757 g/mol. The molecule has 0 spiro atoms. The van der Waals surface area contributed by atoms with E-state index < -0.39 is 6.10 Å². The molecule has 0 aromatic carbocycles. The molecule has 0 rings (SSSR count). The Labute approximate surface area is 380 Å². The molecule has 0 bridgehead atoms. The summed E-state index contributed by atoms with van der Waals surface area (Å²) < 4.78 is 16.8. The van der Waals surface area contributed by atoms with Crippen LogP contribution in [0.15, 0.2) is 0 Å². The van der Waals surface area contributed by atoms with Gasteiger partial charge in [0.05, 0.1) is 0 Å². The normalized spacial score (nSPS) is 12.0. The number of ether oxygens (including phenoxy) is 3. The molecule has 0 radical (unpaired) electrons. The van der Waals surface area contributed by atoms with Crippen LogP contribution in [0.4, 0.5) is 0 Å². The molecule has 0 aromatic heterocycles. The molecule has 0 heterocycles. The summed E-state index contributed by atoms with van der Waals surface area (Å²) in [5.74, 6) is -0.0880. The molecule has 0 saturated carbocycles. The van der Waals surface area contributed by atoms with Crippen LogP contribution in [0.2, 0.25) is 0 Å². The molecule has 0 amide bonds. The fourth-order valence-electron chi connectivity index (χ4n) is 8.39. The quantitative estimate of drug-likeness (QED) is 0.0344. The molecule has 0 aliphatic heterocycles.